The monoisotopic (exact) mass is 439 g/mol. The second kappa shape index (κ2) is 7.20. The lowest BCUT2D eigenvalue weighted by molar-refractivity contribution is -0.145. The van der Waals surface area contributed by atoms with E-state index in [4.69, 9.17) is 11.6 Å². The summed E-state index contributed by atoms with van der Waals surface area (Å²) in [6, 6.07) is 9.17. The van der Waals surface area contributed by atoms with Gasteiger partial charge in [-0.3, -0.25) is 4.79 Å². The van der Waals surface area contributed by atoms with Crippen molar-refractivity contribution in [2.75, 3.05) is 10.6 Å². The van der Waals surface area contributed by atoms with Crippen LogP contribution in [0.25, 0.3) is 0 Å². The number of nitrogens with one attached hydrogen (secondary N) is 2. The Labute approximate surface area is 172 Å². The number of benzene rings is 1. The maximum Gasteiger partial charge on any atom is 0.453 e. The molecule has 11 heteroatoms. The van der Waals surface area contributed by atoms with Gasteiger partial charge >= 0.3 is 6.18 Å². The molecule has 0 spiro atoms. The standard InChI is InChI=1S/C18H13ClF3N5OS/c1-9-13(15(28)24-11-6-4-10(19)5-7-11)14(12-3-2-8-29-12)27-17(23-9)25-16(26-27)18(20,21)22/h2-8,14H,1H3,(H,24,28)(H,23,25,26). The summed E-state index contributed by atoms with van der Waals surface area (Å²) in [5, 5.41) is 11.4. The van der Waals surface area contributed by atoms with E-state index >= 15 is 0 Å². The maximum atomic E-state index is 13.1. The summed E-state index contributed by atoms with van der Waals surface area (Å²) in [6.45, 7) is 1.61. The van der Waals surface area contributed by atoms with Gasteiger partial charge in [0.2, 0.25) is 5.95 Å². The normalized spacial score (nSPS) is 16.4. The van der Waals surface area contributed by atoms with Crippen LogP contribution in [0.3, 0.4) is 0 Å². The molecule has 1 aliphatic heterocycles. The summed E-state index contributed by atoms with van der Waals surface area (Å²) in [7, 11) is 0. The van der Waals surface area contributed by atoms with Crippen LogP contribution in [0.15, 0.2) is 53.0 Å². The third-order valence-electron chi connectivity index (χ3n) is 4.27. The van der Waals surface area contributed by atoms with Gasteiger partial charge in [-0.2, -0.15) is 18.2 Å². The van der Waals surface area contributed by atoms with Crippen LogP contribution in [0, 0.1) is 0 Å². The number of alkyl halides is 3. The van der Waals surface area contributed by atoms with Crippen LogP contribution in [0.2, 0.25) is 5.02 Å². The lowest BCUT2D eigenvalue weighted by Gasteiger charge is -2.27. The topological polar surface area (TPSA) is 71.8 Å². The van der Waals surface area contributed by atoms with Crippen molar-refractivity contribution in [2.45, 2.75) is 19.1 Å². The van der Waals surface area contributed by atoms with Crippen LogP contribution in [-0.4, -0.2) is 20.7 Å². The number of fused-ring (bicyclic) bond motifs is 1. The Morgan fingerprint density at radius 3 is 2.62 bits per heavy atom. The number of carbonyl (C=O) groups is 1. The van der Waals surface area contributed by atoms with Gasteiger partial charge in [-0.25, -0.2) is 4.68 Å². The summed E-state index contributed by atoms with van der Waals surface area (Å²) >= 11 is 7.18. The van der Waals surface area contributed by atoms with Crippen molar-refractivity contribution in [1.29, 1.82) is 0 Å². The average Bonchev–Trinajstić information content (AvgIpc) is 3.31. The summed E-state index contributed by atoms with van der Waals surface area (Å²) < 4.78 is 40.5. The van der Waals surface area contributed by atoms with Crippen LogP contribution in [0.1, 0.15) is 23.7 Å². The zero-order valence-electron chi connectivity index (χ0n) is 14.8. The molecule has 1 amide bonds. The summed E-state index contributed by atoms with van der Waals surface area (Å²) in [5.41, 5.74) is 1.14. The lowest BCUT2D eigenvalue weighted by Crippen LogP contribution is -2.31. The molecule has 1 unspecified atom stereocenters. The summed E-state index contributed by atoms with van der Waals surface area (Å²) in [5.74, 6) is -1.81. The van der Waals surface area contributed by atoms with Crippen LogP contribution in [0.4, 0.5) is 24.8 Å². The fourth-order valence-corrected chi connectivity index (χ4v) is 3.95. The fourth-order valence-electron chi connectivity index (χ4n) is 3.01. The Balaban J connectivity index is 1.76. The number of nitrogens with zero attached hydrogens (tertiary/aromatic N) is 3. The van der Waals surface area contributed by atoms with E-state index in [-0.39, 0.29) is 11.5 Å². The first kappa shape index (κ1) is 19.5. The molecule has 1 aliphatic rings. The molecule has 2 aromatic heterocycles. The molecule has 0 bridgehead atoms. The molecule has 0 saturated carbocycles. The Hall–Kier alpha value is -2.85. The summed E-state index contributed by atoms with van der Waals surface area (Å²) in [6.07, 6.45) is -4.70. The molecule has 3 heterocycles. The molecule has 1 atom stereocenters. The van der Waals surface area contributed by atoms with Gasteiger partial charge in [0.1, 0.15) is 6.04 Å². The second-order valence-corrected chi connectivity index (χ2v) is 7.66. The average molecular weight is 440 g/mol. The van der Waals surface area contributed by atoms with Crippen molar-refractivity contribution in [1.82, 2.24) is 14.8 Å². The Bertz CT molecular complexity index is 1090. The first-order valence-electron chi connectivity index (χ1n) is 8.36. The SMILES string of the molecule is CC1=C(C(=O)Nc2ccc(Cl)cc2)C(c2cccs2)n2nc(C(F)(F)F)nc2N1. The quantitative estimate of drug-likeness (QED) is 0.606. The number of allylic oxidation sites excluding steroid dienone is 1. The molecule has 3 aromatic rings. The Morgan fingerprint density at radius 2 is 2.00 bits per heavy atom. The highest BCUT2D eigenvalue weighted by molar-refractivity contribution is 7.10. The smallest absolute Gasteiger partial charge is 0.328 e. The van der Waals surface area contributed by atoms with Gasteiger partial charge in [0.05, 0.1) is 5.57 Å². The molecule has 0 fully saturated rings. The van der Waals surface area contributed by atoms with E-state index in [0.29, 0.717) is 21.3 Å². The third-order valence-corrected chi connectivity index (χ3v) is 5.44. The van der Waals surface area contributed by atoms with Crippen molar-refractivity contribution in [2.24, 2.45) is 0 Å². The van der Waals surface area contributed by atoms with E-state index < -0.39 is 23.9 Å². The molecular formula is C18H13ClF3N5OS. The Kier molecular flexibility index (Phi) is 4.83. The van der Waals surface area contributed by atoms with E-state index in [0.717, 1.165) is 4.68 Å². The van der Waals surface area contributed by atoms with E-state index in [1.54, 1.807) is 48.7 Å². The fraction of sp³-hybridized carbons (Fsp3) is 0.167. The molecule has 2 N–H and O–H groups in total. The van der Waals surface area contributed by atoms with Crippen LogP contribution < -0.4 is 10.6 Å². The van der Waals surface area contributed by atoms with Gasteiger partial charge in [0, 0.05) is 21.3 Å². The van der Waals surface area contributed by atoms with Gasteiger partial charge < -0.3 is 10.6 Å². The lowest BCUT2D eigenvalue weighted by atomic mass is 10.0. The van der Waals surface area contributed by atoms with Gasteiger partial charge in [-0.05, 0) is 42.6 Å². The molecule has 150 valence electrons. The van der Waals surface area contributed by atoms with Crippen molar-refractivity contribution < 1.29 is 18.0 Å². The van der Waals surface area contributed by atoms with E-state index in [2.05, 4.69) is 20.7 Å². The predicted molar refractivity (Wildman–Crippen MR) is 104 cm³/mol. The van der Waals surface area contributed by atoms with Crippen molar-refractivity contribution in [3.8, 4) is 0 Å². The van der Waals surface area contributed by atoms with Gasteiger partial charge in [-0.15, -0.1) is 16.4 Å². The summed E-state index contributed by atoms with van der Waals surface area (Å²) in [4.78, 5) is 17.3. The highest BCUT2D eigenvalue weighted by Crippen LogP contribution is 2.39. The molecule has 0 aliphatic carbocycles. The highest BCUT2D eigenvalue weighted by atomic mass is 35.5. The number of carbonyl (C=O) groups excluding carboxylic acids is 1. The molecule has 0 saturated heterocycles. The number of aromatic nitrogens is 3. The number of halogens is 4. The zero-order chi connectivity index (χ0) is 20.8. The van der Waals surface area contributed by atoms with E-state index in [1.807, 2.05) is 0 Å². The van der Waals surface area contributed by atoms with Crippen molar-refractivity contribution in [3.05, 3.63) is 68.8 Å². The van der Waals surface area contributed by atoms with Crippen LogP contribution in [0.5, 0.6) is 0 Å². The van der Waals surface area contributed by atoms with Gasteiger partial charge in [0.25, 0.3) is 11.7 Å². The minimum Gasteiger partial charge on any atom is -0.328 e. The van der Waals surface area contributed by atoms with Crippen molar-refractivity contribution in [3.63, 3.8) is 0 Å². The number of amides is 1. The van der Waals surface area contributed by atoms with Crippen molar-refractivity contribution >= 4 is 40.5 Å². The van der Waals surface area contributed by atoms with E-state index in [9.17, 15) is 18.0 Å². The number of anilines is 2. The second-order valence-electron chi connectivity index (χ2n) is 6.24. The molecule has 1 aromatic carbocycles. The number of rotatable bonds is 3. The maximum absolute atomic E-state index is 13.1. The third kappa shape index (κ3) is 3.73. The minimum absolute atomic E-state index is 0.0729. The van der Waals surface area contributed by atoms with Gasteiger partial charge in [0.15, 0.2) is 0 Å². The highest BCUT2D eigenvalue weighted by Gasteiger charge is 2.41. The minimum atomic E-state index is -4.70. The number of hydrogen-bond acceptors (Lipinski definition) is 5. The molecule has 6 nitrogen and oxygen atoms in total. The Morgan fingerprint density at radius 1 is 1.28 bits per heavy atom. The van der Waals surface area contributed by atoms with Crippen LogP contribution >= 0.6 is 22.9 Å². The number of hydrogen-bond donors (Lipinski definition) is 2. The first-order valence-corrected chi connectivity index (χ1v) is 9.61. The van der Waals surface area contributed by atoms with Gasteiger partial charge in [-0.1, -0.05) is 17.7 Å². The first-order chi connectivity index (χ1) is 13.7. The largest absolute Gasteiger partial charge is 0.453 e. The molecular weight excluding hydrogens is 427 g/mol. The van der Waals surface area contributed by atoms with E-state index in [1.165, 1.54) is 11.3 Å². The number of thiophene rings is 1. The molecule has 29 heavy (non-hydrogen) atoms. The van der Waals surface area contributed by atoms with Crippen LogP contribution in [-0.2, 0) is 11.0 Å². The zero-order valence-corrected chi connectivity index (χ0v) is 16.4. The molecule has 0 radical (unpaired) electrons. The predicted octanol–water partition coefficient (Wildman–Crippen LogP) is 4.94. The molecule has 4 rings (SSSR count).